The number of hydrogen-bond donors (Lipinski definition) is 0. The lowest BCUT2D eigenvalue weighted by Gasteiger charge is -2.17. The predicted octanol–water partition coefficient (Wildman–Crippen LogP) is 5.85. The van der Waals surface area contributed by atoms with Crippen LogP contribution in [-0.4, -0.2) is 9.55 Å². The van der Waals surface area contributed by atoms with Gasteiger partial charge in [-0.25, -0.2) is 9.37 Å². The SMILES string of the molecule is C=CCn1c(SCc2c(F)cccc2Cl)nc2sc3c(c2c1=O)CCC(C)C3. The summed E-state index contributed by atoms with van der Waals surface area (Å²) in [5.74, 6) is 0.593. The normalized spacial score (nSPS) is 16.3. The summed E-state index contributed by atoms with van der Waals surface area (Å²) in [5.41, 5.74) is 1.56. The molecule has 0 radical (unpaired) electrons. The summed E-state index contributed by atoms with van der Waals surface area (Å²) in [5, 5.41) is 1.71. The average Bonchev–Trinajstić information content (AvgIpc) is 3.01. The van der Waals surface area contributed by atoms with Crippen LogP contribution < -0.4 is 5.56 Å². The number of aryl methyl sites for hydroxylation is 1. The number of allylic oxidation sites excluding steroid dienone is 1. The number of aromatic nitrogens is 2. The minimum absolute atomic E-state index is 0.0286. The van der Waals surface area contributed by atoms with Crippen LogP contribution in [0.3, 0.4) is 0 Å². The van der Waals surface area contributed by atoms with Crippen LogP contribution in [-0.2, 0) is 25.1 Å². The molecule has 1 aliphatic rings. The highest BCUT2D eigenvalue weighted by atomic mass is 35.5. The van der Waals surface area contributed by atoms with E-state index >= 15 is 0 Å². The highest BCUT2D eigenvalue weighted by molar-refractivity contribution is 7.98. The van der Waals surface area contributed by atoms with Crippen LogP contribution in [0.1, 0.15) is 29.3 Å². The predicted molar refractivity (Wildman–Crippen MR) is 116 cm³/mol. The van der Waals surface area contributed by atoms with E-state index in [1.807, 2.05) is 0 Å². The molecule has 0 saturated carbocycles. The van der Waals surface area contributed by atoms with Gasteiger partial charge in [0.05, 0.1) is 5.39 Å². The monoisotopic (exact) mass is 434 g/mol. The summed E-state index contributed by atoms with van der Waals surface area (Å²) in [6.07, 6.45) is 4.72. The van der Waals surface area contributed by atoms with Crippen LogP contribution in [0, 0.1) is 11.7 Å². The molecule has 146 valence electrons. The molecule has 4 rings (SSSR count). The number of halogens is 2. The molecule has 1 aromatic carbocycles. The van der Waals surface area contributed by atoms with Gasteiger partial charge >= 0.3 is 0 Å². The first kappa shape index (κ1) is 19.7. The van der Waals surface area contributed by atoms with Crippen molar-refractivity contribution >= 4 is 44.9 Å². The van der Waals surface area contributed by atoms with Crippen LogP contribution in [0.2, 0.25) is 5.02 Å². The molecule has 0 saturated heterocycles. The maximum absolute atomic E-state index is 14.1. The molecule has 7 heteroatoms. The maximum atomic E-state index is 14.1. The Morgan fingerprint density at radius 3 is 3.07 bits per heavy atom. The van der Waals surface area contributed by atoms with Crippen molar-refractivity contribution in [2.75, 3.05) is 0 Å². The fourth-order valence-corrected chi connectivity index (χ4v) is 6.39. The molecule has 0 amide bonds. The van der Waals surface area contributed by atoms with Crippen molar-refractivity contribution in [3.8, 4) is 0 Å². The molecule has 3 nitrogen and oxygen atoms in total. The lowest BCUT2D eigenvalue weighted by molar-refractivity contribution is 0.509. The van der Waals surface area contributed by atoms with E-state index in [0.29, 0.717) is 34.0 Å². The van der Waals surface area contributed by atoms with E-state index in [1.54, 1.807) is 34.1 Å². The summed E-state index contributed by atoms with van der Waals surface area (Å²) in [7, 11) is 0. The smallest absolute Gasteiger partial charge is 0.263 e. The van der Waals surface area contributed by atoms with Crippen molar-refractivity contribution in [1.29, 1.82) is 0 Å². The van der Waals surface area contributed by atoms with E-state index in [9.17, 15) is 9.18 Å². The summed E-state index contributed by atoms with van der Waals surface area (Å²) in [4.78, 5) is 20.1. The zero-order valence-electron chi connectivity index (χ0n) is 15.5. The van der Waals surface area contributed by atoms with Gasteiger partial charge in [-0.2, -0.15) is 0 Å². The zero-order chi connectivity index (χ0) is 19.8. The van der Waals surface area contributed by atoms with E-state index < -0.39 is 0 Å². The number of thiophene rings is 1. The minimum Gasteiger partial charge on any atom is -0.283 e. The van der Waals surface area contributed by atoms with Gasteiger partial charge in [0.15, 0.2) is 5.16 Å². The van der Waals surface area contributed by atoms with E-state index in [2.05, 4.69) is 13.5 Å². The molecule has 0 N–H and O–H groups in total. The highest BCUT2D eigenvalue weighted by Crippen LogP contribution is 2.37. The Bertz CT molecular complexity index is 1100. The average molecular weight is 435 g/mol. The van der Waals surface area contributed by atoms with Crippen LogP contribution >= 0.6 is 34.7 Å². The van der Waals surface area contributed by atoms with Crippen molar-refractivity contribution in [3.05, 3.63) is 68.1 Å². The third-order valence-electron chi connectivity index (χ3n) is 5.10. The molecular weight excluding hydrogens is 415 g/mol. The van der Waals surface area contributed by atoms with Crippen molar-refractivity contribution in [2.24, 2.45) is 5.92 Å². The molecule has 28 heavy (non-hydrogen) atoms. The molecule has 1 aliphatic carbocycles. The fourth-order valence-electron chi connectivity index (χ4n) is 3.61. The molecule has 0 bridgehead atoms. The summed E-state index contributed by atoms with van der Waals surface area (Å²) in [6.45, 7) is 6.39. The van der Waals surface area contributed by atoms with Crippen LogP contribution in [0.15, 0.2) is 40.8 Å². The Hall–Kier alpha value is -1.63. The van der Waals surface area contributed by atoms with E-state index in [-0.39, 0.29) is 11.4 Å². The van der Waals surface area contributed by atoms with Crippen molar-refractivity contribution in [1.82, 2.24) is 9.55 Å². The fraction of sp³-hybridized carbons (Fsp3) is 0.333. The Morgan fingerprint density at radius 1 is 1.50 bits per heavy atom. The minimum atomic E-state index is -0.348. The summed E-state index contributed by atoms with van der Waals surface area (Å²) >= 11 is 9.10. The highest BCUT2D eigenvalue weighted by Gasteiger charge is 2.24. The van der Waals surface area contributed by atoms with E-state index in [0.717, 1.165) is 29.5 Å². The second-order valence-corrected chi connectivity index (χ2v) is 9.55. The van der Waals surface area contributed by atoms with Gasteiger partial charge in [0.25, 0.3) is 5.56 Å². The number of hydrogen-bond acceptors (Lipinski definition) is 4. The standard InChI is InChI=1S/C21H20ClFN2OS2/c1-3-9-25-20(26)18-13-8-7-12(2)10-17(13)28-19(18)24-21(25)27-11-14-15(22)5-4-6-16(14)23/h3-6,12H,1,7-11H2,2H3. The molecule has 1 unspecified atom stereocenters. The van der Waals surface area contributed by atoms with Crippen LogP contribution in [0.5, 0.6) is 0 Å². The third-order valence-corrected chi connectivity index (χ3v) is 7.60. The van der Waals surface area contributed by atoms with Gasteiger partial charge in [0, 0.05) is 27.8 Å². The van der Waals surface area contributed by atoms with E-state index in [4.69, 9.17) is 16.6 Å². The van der Waals surface area contributed by atoms with Gasteiger partial charge in [-0.05, 0) is 42.9 Å². The Kier molecular flexibility index (Phi) is 5.63. The Labute approximate surface area is 176 Å². The number of benzene rings is 1. The molecule has 2 heterocycles. The Morgan fingerprint density at radius 2 is 2.32 bits per heavy atom. The molecule has 3 aromatic rings. The van der Waals surface area contributed by atoms with Crippen LogP contribution in [0.25, 0.3) is 10.2 Å². The molecule has 0 fully saturated rings. The molecule has 1 atom stereocenters. The van der Waals surface area contributed by atoms with Crippen molar-refractivity contribution < 1.29 is 4.39 Å². The molecule has 0 spiro atoms. The number of rotatable bonds is 5. The number of thioether (sulfide) groups is 1. The van der Waals surface area contributed by atoms with Gasteiger partial charge in [0.2, 0.25) is 0 Å². The van der Waals surface area contributed by atoms with Gasteiger partial charge in [-0.3, -0.25) is 9.36 Å². The lowest BCUT2D eigenvalue weighted by atomic mass is 9.89. The first-order valence-electron chi connectivity index (χ1n) is 9.21. The molecular formula is C21H20ClFN2OS2. The van der Waals surface area contributed by atoms with Gasteiger partial charge in [0.1, 0.15) is 10.6 Å². The van der Waals surface area contributed by atoms with Gasteiger partial charge < -0.3 is 0 Å². The summed E-state index contributed by atoms with van der Waals surface area (Å²) < 4.78 is 15.8. The van der Waals surface area contributed by atoms with Crippen LogP contribution in [0.4, 0.5) is 4.39 Å². The van der Waals surface area contributed by atoms with E-state index in [1.165, 1.54) is 28.3 Å². The second kappa shape index (κ2) is 8.01. The van der Waals surface area contributed by atoms with Crippen molar-refractivity contribution in [2.45, 2.75) is 43.6 Å². The second-order valence-electron chi connectivity index (χ2n) is 7.12. The van der Waals surface area contributed by atoms with Gasteiger partial charge in [-0.1, -0.05) is 42.4 Å². The first-order chi connectivity index (χ1) is 13.5. The lowest BCUT2D eigenvalue weighted by Crippen LogP contribution is -2.23. The maximum Gasteiger partial charge on any atom is 0.263 e. The zero-order valence-corrected chi connectivity index (χ0v) is 17.9. The first-order valence-corrected chi connectivity index (χ1v) is 11.4. The topological polar surface area (TPSA) is 34.9 Å². The third kappa shape index (κ3) is 3.53. The largest absolute Gasteiger partial charge is 0.283 e. The number of fused-ring (bicyclic) bond motifs is 3. The summed E-state index contributed by atoms with van der Waals surface area (Å²) in [6, 6.07) is 4.65. The van der Waals surface area contributed by atoms with Gasteiger partial charge in [-0.15, -0.1) is 17.9 Å². The molecule has 2 aromatic heterocycles. The molecule has 0 aliphatic heterocycles. The number of nitrogens with zero attached hydrogens (tertiary/aromatic N) is 2. The Balaban J connectivity index is 1.78. The van der Waals surface area contributed by atoms with Crippen molar-refractivity contribution in [3.63, 3.8) is 0 Å². The quantitative estimate of drug-likeness (QED) is 0.287.